The Morgan fingerprint density at radius 2 is 1.60 bits per heavy atom. The van der Waals surface area contributed by atoms with Crippen molar-refractivity contribution in [2.75, 3.05) is 5.32 Å². The van der Waals surface area contributed by atoms with Gasteiger partial charge < -0.3 is 14.6 Å². The Kier molecular flexibility index (Phi) is 6.60. The molecule has 30 heavy (non-hydrogen) atoms. The molecular formula is C25H30N2O3. The number of hydrogen-bond acceptors (Lipinski definition) is 4. The molecule has 158 valence electrons. The fraction of sp³-hybridized carbons (Fsp3) is 0.360. The van der Waals surface area contributed by atoms with Gasteiger partial charge in [-0.15, -0.1) is 0 Å². The van der Waals surface area contributed by atoms with E-state index in [1.807, 2.05) is 26.0 Å². The highest BCUT2D eigenvalue weighted by Gasteiger charge is 2.17. The van der Waals surface area contributed by atoms with Gasteiger partial charge in [0.15, 0.2) is 0 Å². The average molecular weight is 407 g/mol. The zero-order chi connectivity index (χ0) is 21.8. The largest absolute Gasteiger partial charge is 0.489 e. The van der Waals surface area contributed by atoms with Gasteiger partial charge in [-0.1, -0.05) is 51.1 Å². The predicted octanol–water partition coefficient (Wildman–Crippen LogP) is 6.37. The number of carbonyl (C=O) groups is 1. The van der Waals surface area contributed by atoms with E-state index in [1.165, 1.54) is 0 Å². The normalized spacial score (nSPS) is 11.2. The molecule has 0 aliphatic heterocycles. The second kappa shape index (κ2) is 9.16. The molecule has 3 rings (SSSR count). The van der Waals surface area contributed by atoms with Crippen molar-refractivity contribution in [1.82, 2.24) is 5.16 Å². The summed E-state index contributed by atoms with van der Waals surface area (Å²) in [5, 5.41) is 7.08. The summed E-state index contributed by atoms with van der Waals surface area (Å²) in [6.45, 7) is 12.7. The minimum Gasteiger partial charge on any atom is -0.489 e. The molecule has 0 unspecified atom stereocenters. The summed E-state index contributed by atoms with van der Waals surface area (Å²) in [6, 6.07) is 13.4. The maximum Gasteiger partial charge on any atom is 0.255 e. The first kappa shape index (κ1) is 21.6. The number of anilines is 1. The molecule has 0 saturated heterocycles. The van der Waals surface area contributed by atoms with E-state index in [2.05, 4.69) is 56.4 Å². The van der Waals surface area contributed by atoms with Crippen LogP contribution >= 0.6 is 0 Å². The molecule has 0 saturated carbocycles. The zero-order valence-corrected chi connectivity index (χ0v) is 18.6. The fourth-order valence-corrected chi connectivity index (χ4v) is 3.45. The van der Waals surface area contributed by atoms with Crippen molar-refractivity contribution >= 4 is 11.6 Å². The molecule has 5 heteroatoms. The number of rotatable bonds is 7. The number of para-hydroxylation sites is 1. The topological polar surface area (TPSA) is 64.4 Å². The molecule has 0 atom stereocenters. The van der Waals surface area contributed by atoms with Gasteiger partial charge in [-0.05, 0) is 61.1 Å². The Balaban J connectivity index is 1.74. The molecule has 0 bridgehead atoms. The number of nitrogens with one attached hydrogen (secondary N) is 1. The van der Waals surface area contributed by atoms with Crippen LogP contribution in [0.25, 0.3) is 0 Å². The Bertz CT molecular complexity index is 972. The number of hydrogen-bond donors (Lipinski definition) is 1. The van der Waals surface area contributed by atoms with Gasteiger partial charge in [-0.3, -0.25) is 4.79 Å². The fourth-order valence-electron chi connectivity index (χ4n) is 3.45. The number of carbonyl (C=O) groups excluding carboxylic acids is 1. The Hall–Kier alpha value is -3.08. The molecule has 0 spiro atoms. The second-order valence-corrected chi connectivity index (χ2v) is 8.19. The number of aryl methyl sites for hydroxylation is 2. The van der Waals surface area contributed by atoms with Gasteiger partial charge in [0.2, 0.25) is 0 Å². The van der Waals surface area contributed by atoms with E-state index in [1.54, 1.807) is 12.1 Å². The van der Waals surface area contributed by atoms with Crippen LogP contribution < -0.4 is 10.1 Å². The molecule has 0 fully saturated rings. The first-order chi connectivity index (χ1) is 14.3. The highest BCUT2D eigenvalue weighted by Crippen LogP contribution is 2.32. The summed E-state index contributed by atoms with van der Waals surface area (Å²) >= 11 is 0. The molecule has 0 aliphatic rings. The van der Waals surface area contributed by atoms with E-state index < -0.39 is 0 Å². The second-order valence-electron chi connectivity index (χ2n) is 8.19. The molecular weight excluding hydrogens is 376 g/mol. The molecule has 0 radical (unpaired) electrons. The molecule has 1 amide bonds. The van der Waals surface area contributed by atoms with E-state index in [9.17, 15) is 4.79 Å². The highest BCUT2D eigenvalue weighted by atomic mass is 16.5. The lowest BCUT2D eigenvalue weighted by atomic mass is 9.92. The van der Waals surface area contributed by atoms with Crippen molar-refractivity contribution < 1.29 is 14.1 Å². The van der Waals surface area contributed by atoms with E-state index in [0.717, 1.165) is 33.8 Å². The van der Waals surface area contributed by atoms with Crippen molar-refractivity contribution in [1.29, 1.82) is 0 Å². The summed E-state index contributed by atoms with van der Waals surface area (Å²) in [6.07, 6.45) is 0. The van der Waals surface area contributed by atoms with Crippen molar-refractivity contribution in [2.45, 2.75) is 60.0 Å². The van der Waals surface area contributed by atoms with Crippen molar-refractivity contribution in [3.05, 3.63) is 76.2 Å². The summed E-state index contributed by atoms with van der Waals surface area (Å²) in [4.78, 5) is 12.9. The molecule has 5 nitrogen and oxygen atoms in total. The van der Waals surface area contributed by atoms with Crippen LogP contribution in [0.1, 0.15) is 78.0 Å². The molecule has 0 aliphatic carbocycles. The maximum atomic E-state index is 12.9. The number of benzene rings is 2. The van der Waals surface area contributed by atoms with E-state index in [-0.39, 0.29) is 5.91 Å². The first-order valence-corrected chi connectivity index (χ1v) is 10.4. The van der Waals surface area contributed by atoms with Crippen molar-refractivity contribution in [3.8, 4) is 5.75 Å². The Morgan fingerprint density at radius 1 is 1.00 bits per heavy atom. The maximum absolute atomic E-state index is 12.9. The van der Waals surface area contributed by atoms with E-state index in [4.69, 9.17) is 9.26 Å². The highest BCUT2D eigenvalue weighted by molar-refractivity contribution is 6.05. The van der Waals surface area contributed by atoms with Crippen LogP contribution in [-0.4, -0.2) is 11.1 Å². The monoisotopic (exact) mass is 406 g/mol. The summed E-state index contributed by atoms with van der Waals surface area (Å²) < 4.78 is 11.0. The van der Waals surface area contributed by atoms with Crippen LogP contribution in [0.2, 0.25) is 0 Å². The van der Waals surface area contributed by atoms with Crippen LogP contribution in [0.4, 0.5) is 5.69 Å². The average Bonchev–Trinajstić information content (AvgIpc) is 3.04. The van der Waals surface area contributed by atoms with Crippen molar-refractivity contribution in [2.24, 2.45) is 0 Å². The third-order valence-electron chi connectivity index (χ3n) is 5.29. The molecule has 1 aromatic heterocycles. The third-order valence-corrected chi connectivity index (χ3v) is 5.29. The van der Waals surface area contributed by atoms with E-state index >= 15 is 0 Å². The Labute approximate surface area is 178 Å². The van der Waals surface area contributed by atoms with Gasteiger partial charge in [0.05, 0.1) is 11.3 Å². The van der Waals surface area contributed by atoms with Gasteiger partial charge in [0.25, 0.3) is 5.91 Å². The standard InChI is InChI=1S/C25H30N2O3/c1-15(2)21-8-7-9-22(16(3)4)24(21)26-25(28)19-10-12-20(13-11-19)29-14-23-17(5)27-30-18(23)6/h7-13,15-16H,14H2,1-6H3,(H,26,28). The summed E-state index contributed by atoms with van der Waals surface area (Å²) in [5.41, 5.74) is 5.58. The lowest BCUT2D eigenvalue weighted by molar-refractivity contribution is 0.102. The van der Waals surface area contributed by atoms with Crippen LogP contribution in [-0.2, 0) is 6.61 Å². The minimum atomic E-state index is -0.123. The van der Waals surface area contributed by atoms with Gasteiger partial charge in [0, 0.05) is 11.3 Å². The summed E-state index contributed by atoms with van der Waals surface area (Å²) in [5.74, 6) is 1.96. The van der Waals surface area contributed by atoms with Crippen LogP contribution in [0.15, 0.2) is 47.0 Å². The van der Waals surface area contributed by atoms with Crippen LogP contribution in [0.3, 0.4) is 0 Å². The lowest BCUT2D eigenvalue weighted by Crippen LogP contribution is -2.16. The predicted molar refractivity (Wildman–Crippen MR) is 119 cm³/mol. The van der Waals surface area contributed by atoms with Gasteiger partial charge >= 0.3 is 0 Å². The van der Waals surface area contributed by atoms with Gasteiger partial charge in [-0.2, -0.15) is 0 Å². The lowest BCUT2D eigenvalue weighted by Gasteiger charge is -2.20. The zero-order valence-electron chi connectivity index (χ0n) is 18.6. The number of amides is 1. The van der Waals surface area contributed by atoms with Crippen LogP contribution in [0.5, 0.6) is 5.75 Å². The number of aromatic nitrogens is 1. The van der Waals surface area contributed by atoms with Crippen molar-refractivity contribution in [3.63, 3.8) is 0 Å². The first-order valence-electron chi connectivity index (χ1n) is 10.4. The minimum absolute atomic E-state index is 0.123. The molecule has 2 aromatic carbocycles. The van der Waals surface area contributed by atoms with Gasteiger partial charge in [-0.25, -0.2) is 0 Å². The third kappa shape index (κ3) is 4.73. The summed E-state index contributed by atoms with van der Waals surface area (Å²) in [7, 11) is 0. The number of ether oxygens (including phenoxy) is 1. The molecule has 1 heterocycles. The van der Waals surface area contributed by atoms with Gasteiger partial charge in [0.1, 0.15) is 18.1 Å². The smallest absolute Gasteiger partial charge is 0.255 e. The number of nitrogens with zero attached hydrogens (tertiary/aromatic N) is 1. The quantitative estimate of drug-likeness (QED) is 0.495. The SMILES string of the molecule is Cc1noc(C)c1COc1ccc(C(=O)Nc2c(C(C)C)cccc2C(C)C)cc1. The van der Waals surface area contributed by atoms with Crippen LogP contribution in [0, 0.1) is 13.8 Å². The molecule has 1 N–H and O–H groups in total. The Morgan fingerprint density at radius 3 is 2.10 bits per heavy atom. The molecule has 3 aromatic rings. The van der Waals surface area contributed by atoms with E-state index in [0.29, 0.717) is 29.8 Å².